The molecule has 6 unspecified atom stereocenters. The van der Waals surface area contributed by atoms with Crippen molar-refractivity contribution in [3.8, 4) is 0 Å². The zero-order valence-electron chi connectivity index (χ0n) is 15.4. The Morgan fingerprint density at radius 1 is 0.455 bits per heavy atom. The van der Waals surface area contributed by atoms with Crippen LogP contribution in [0, 0.1) is 17.8 Å². The first-order valence-electron chi connectivity index (χ1n) is 10.5. The summed E-state index contributed by atoms with van der Waals surface area (Å²) in [7, 11) is 0. The molecule has 0 aromatic rings. The third kappa shape index (κ3) is 3.55. The first-order valence-corrected chi connectivity index (χ1v) is 10.5. The van der Waals surface area contributed by atoms with Crippen molar-refractivity contribution in [3.05, 3.63) is 0 Å². The molecule has 6 atom stereocenters. The molecule has 3 saturated carbocycles. The third-order valence-electron chi connectivity index (χ3n) is 7.35. The zero-order valence-corrected chi connectivity index (χ0v) is 15.4. The van der Waals surface area contributed by atoms with Crippen molar-refractivity contribution in [1.82, 2.24) is 4.90 Å². The Morgan fingerprint density at radius 3 is 1.00 bits per heavy atom. The van der Waals surface area contributed by atoms with E-state index in [2.05, 4.69) is 25.7 Å². The highest BCUT2D eigenvalue weighted by molar-refractivity contribution is 4.95. The van der Waals surface area contributed by atoms with E-state index in [0.29, 0.717) is 0 Å². The molecule has 3 fully saturated rings. The molecular formula is C21H39N. The van der Waals surface area contributed by atoms with Crippen molar-refractivity contribution >= 4 is 0 Å². The molecule has 0 amide bonds. The quantitative estimate of drug-likeness (QED) is 0.616. The Balaban J connectivity index is 1.83. The second-order valence-electron chi connectivity index (χ2n) is 8.93. The van der Waals surface area contributed by atoms with Gasteiger partial charge in [0.25, 0.3) is 0 Å². The van der Waals surface area contributed by atoms with Crippen molar-refractivity contribution < 1.29 is 0 Å². The molecule has 1 heteroatoms. The Morgan fingerprint density at radius 2 is 0.727 bits per heavy atom. The van der Waals surface area contributed by atoms with E-state index in [1.165, 1.54) is 77.0 Å². The van der Waals surface area contributed by atoms with Gasteiger partial charge in [0.1, 0.15) is 0 Å². The highest BCUT2D eigenvalue weighted by atomic mass is 15.2. The summed E-state index contributed by atoms with van der Waals surface area (Å²) in [4.78, 5) is 3.14. The highest BCUT2D eigenvalue weighted by Gasteiger charge is 2.41. The van der Waals surface area contributed by atoms with Gasteiger partial charge in [0.2, 0.25) is 0 Å². The predicted octanol–water partition coefficient (Wildman–Crippen LogP) is 6.02. The molecule has 3 aliphatic carbocycles. The maximum absolute atomic E-state index is 3.14. The minimum atomic E-state index is 0.893. The molecule has 22 heavy (non-hydrogen) atoms. The van der Waals surface area contributed by atoms with Crippen LogP contribution in [0.15, 0.2) is 0 Å². The SMILES string of the molecule is CC1CCCCC1N(C1CCCCC1C)C1CCCCC1C. The van der Waals surface area contributed by atoms with Gasteiger partial charge in [0, 0.05) is 18.1 Å². The summed E-state index contributed by atoms with van der Waals surface area (Å²) in [5.74, 6) is 2.78. The fourth-order valence-corrected chi connectivity index (χ4v) is 5.96. The monoisotopic (exact) mass is 305 g/mol. The normalized spacial score (nSPS) is 44.2. The molecule has 0 heterocycles. The molecule has 0 aromatic carbocycles. The number of nitrogens with zero attached hydrogens (tertiary/aromatic N) is 1. The van der Waals surface area contributed by atoms with Crippen LogP contribution in [-0.2, 0) is 0 Å². The molecule has 0 bridgehead atoms. The largest absolute Gasteiger partial charge is 0.294 e. The number of hydrogen-bond acceptors (Lipinski definition) is 1. The second-order valence-corrected chi connectivity index (χ2v) is 8.93. The van der Waals surface area contributed by atoms with Crippen molar-refractivity contribution in [1.29, 1.82) is 0 Å². The molecule has 128 valence electrons. The fourth-order valence-electron chi connectivity index (χ4n) is 5.96. The first kappa shape index (κ1) is 16.8. The summed E-state index contributed by atoms with van der Waals surface area (Å²) in [6, 6.07) is 2.68. The standard InChI is InChI=1S/C21H39N/c1-16-10-4-7-13-19(16)22(20-14-8-5-11-17(20)2)21-15-9-6-12-18(21)3/h16-21H,4-15H2,1-3H3. The van der Waals surface area contributed by atoms with Gasteiger partial charge in [-0.3, -0.25) is 4.90 Å². The Kier molecular flexibility index (Phi) is 5.87. The molecule has 0 radical (unpaired) electrons. The van der Waals surface area contributed by atoms with Gasteiger partial charge in [-0.2, -0.15) is 0 Å². The average molecular weight is 306 g/mol. The van der Waals surface area contributed by atoms with E-state index in [-0.39, 0.29) is 0 Å². The molecular weight excluding hydrogens is 266 g/mol. The molecule has 0 spiro atoms. The van der Waals surface area contributed by atoms with Crippen LogP contribution in [0.5, 0.6) is 0 Å². The van der Waals surface area contributed by atoms with Gasteiger partial charge in [0.05, 0.1) is 0 Å². The Hall–Kier alpha value is -0.0400. The van der Waals surface area contributed by atoms with Crippen molar-refractivity contribution in [2.24, 2.45) is 17.8 Å². The van der Waals surface area contributed by atoms with Crippen LogP contribution in [-0.4, -0.2) is 23.0 Å². The highest BCUT2D eigenvalue weighted by Crippen LogP contribution is 2.41. The van der Waals surface area contributed by atoms with Crippen molar-refractivity contribution in [3.63, 3.8) is 0 Å². The lowest BCUT2D eigenvalue weighted by Crippen LogP contribution is -2.57. The number of rotatable bonds is 3. The molecule has 3 aliphatic rings. The minimum Gasteiger partial charge on any atom is -0.294 e. The van der Waals surface area contributed by atoms with Gasteiger partial charge in [-0.25, -0.2) is 0 Å². The van der Waals surface area contributed by atoms with Gasteiger partial charge < -0.3 is 0 Å². The zero-order chi connectivity index (χ0) is 15.5. The van der Waals surface area contributed by atoms with Crippen LogP contribution in [0.3, 0.4) is 0 Å². The fraction of sp³-hybridized carbons (Fsp3) is 1.00. The lowest BCUT2D eigenvalue weighted by atomic mass is 9.75. The topological polar surface area (TPSA) is 3.24 Å². The molecule has 0 saturated heterocycles. The van der Waals surface area contributed by atoms with Crippen molar-refractivity contribution in [2.45, 2.75) is 116 Å². The van der Waals surface area contributed by atoms with Gasteiger partial charge in [0.15, 0.2) is 0 Å². The van der Waals surface area contributed by atoms with Gasteiger partial charge in [-0.1, -0.05) is 59.3 Å². The summed E-state index contributed by atoms with van der Waals surface area (Å²) in [5.41, 5.74) is 0. The Labute approximate surface area is 139 Å². The van der Waals surface area contributed by atoms with Gasteiger partial charge in [-0.15, -0.1) is 0 Å². The van der Waals surface area contributed by atoms with Crippen LogP contribution >= 0.6 is 0 Å². The summed E-state index contributed by atoms with van der Waals surface area (Å²) in [6.07, 6.45) is 17.7. The van der Waals surface area contributed by atoms with Gasteiger partial charge in [-0.05, 0) is 56.3 Å². The van der Waals surface area contributed by atoms with Crippen LogP contribution in [0.2, 0.25) is 0 Å². The first-order chi connectivity index (χ1) is 10.7. The summed E-state index contributed by atoms with van der Waals surface area (Å²) in [5, 5.41) is 0. The van der Waals surface area contributed by atoms with Crippen LogP contribution in [0.25, 0.3) is 0 Å². The molecule has 3 rings (SSSR count). The average Bonchev–Trinajstić information content (AvgIpc) is 2.53. The summed E-state index contributed by atoms with van der Waals surface area (Å²) < 4.78 is 0. The van der Waals surface area contributed by atoms with Gasteiger partial charge >= 0.3 is 0 Å². The summed E-state index contributed by atoms with van der Waals surface area (Å²) >= 11 is 0. The predicted molar refractivity (Wildman–Crippen MR) is 96.1 cm³/mol. The molecule has 1 nitrogen and oxygen atoms in total. The van der Waals surface area contributed by atoms with E-state index in [9.17, 15) is 0 Å². The van der Waals surface area contributed by atoms with E-state index in [4.69, 9.17) is 0 Å². The van der Waals surface area contributed by atoms with Crippen LogP contribution < -0.4 is 0 Å². The second kappa shape index (κ2) is 7.69. The van der Waals surface area contributed by atoms with Crippen LogP contribution in [0.1, 0.15) is 97.8 Å². The van der Waals surface area contributed by atoms with E-state index >= 15 is 0 Å². The molecule has 0 aromatic heterocycles. The third-order valence-corrected chi connectivity index (χ3v) is 7.35. The maximum atomic E-state index is 3.14. The summed E-state index contributed by atoms with van der Waals surface area (Å²) in [6.45, 7) is 7.66. The smallest absolute Gasteiger partial charge is 0.0127 e. The van der Waals surface area contributed by atoms with Crippen molar-refractivity contribution in [2.75, 3.05) is 0 Å². The van der Waals surface area contributed by atoms with Crippen LogP contribution in [0.4, 0.5) is 0 Å². The van der Waals surface area contributed by atoms with E-state index in [0.717, 1.165) is 35.9 Å². The molecule has 0 N–H and O–H groups in total. The van der Waals surface area contributed by atoms with E-state index in [1.54, 1.807) is 0 Å². The van der Waals surface area contributed by atoms with E-state index in [1.807, 2.05) is 0 Å². The lowest BCUT2D eigenvalue weighted by molar-refractivity contribution is -0.0360. The maximum Gasteiger partial charge on any atom is 0.0127 e. The number of hydrogen-bond donors (Lipinski definition) is 0. The lowest BCUT2D eigenvalue weighted by Gasteiger charge is -2.53. The minimum absolute atomic E-state index is 0.893. The Bertz CT molecular complexity index is 286. The van der Waals surface area contributed by atoms with E-state index < -0.39 is 0 Å². The molecule has 0 aliphatic heterocycles.